The zero-order chi connectivity index (χ0) is 10.8. The molecule has 3 heteroatoms. The van der Waals surface area contributed by atoms with Gasteiger partial charge in [-0.3, -0.25) is 0 Å². The lowest BCUT2D eigenvalue weighted by Gasteiger charge is -2.25. The van der Waals surface area contributed by atoms with Crippen LogP contribution in [-0.2, 0) is 6.54 Å². The van der Waals surface area contributed by atoms with E-state index in [1.165, 1.54) is 18.9 Å². The van der Waals surface area contributed by atoms with Crippen LogP contribution in [0.1, 0.15) is 25.3 Å². The summed E-state index contributed by atoms with van der Waals surface area (Å²) in [6.07, 6.45) is 2.35. The van der Waals surface area contributed by atoms with Crippen LogP contribution in [0.4, 0.5) is 10.1 Å². The number of nitrogens with zero attached hydrogens (tertiary/aromatic N) is 1. The number of benzene rings is 1. The summed E-state index contributed by atoms with van der Waals surface area (Å²) in [7, 11) is 0. The third-order valence-corrected chi connectivity index (χ3v) is 2.91. The molecule has 0 radical (unpaired) electrons. The van der Waals surface area contributed by atoms with Gasteiger partial charge in [0.1, 0.15) is 5.82 Å². The maximum absolute atomic E-state index is 13.8. The molecule has 0 spiro atoms. The average Bonchev–Trinajstić information content (AvgIpc) is 3.05. The SMILES string of the molecule is CCN(c1c(F)cccc1CN)C1CC1. The van der Waals surface area contributed by atoms with Gasteiger partial charge < -0.3 is 10.6 Å². The first-order valence-electron chi connectivity index (χ1n) is 5.52. The molecule has 1 aromatic carbocycles. The van der Waals surface area contributed by atoms with E-state index in [4.69, 9.17) is 5.73 Å². The van der Waals surface area contributed by atoms with Crippen LogP contribution in [0.3, 0.4) is 0 Å². The molecule has 2 rings (SSSR count). The largest absolute Gasteiger partial charge is 0.366 e. The van der Waals surface area contributed by atoms with E-state index < -0.39 is 0 Å². The van der Waals surface area contributed by atoms with E-state index in [1.54, 1.807) is 6.07 Å². The van der Waals surface area contributed by atoms with Gasteiger partial charge in [-0.25, -0.2) is 4.39 Å². The molecule has 15 heavy (non-hydrogen) atoms. The first kappa shape index (κ1) is 10.4. The third-order valence-electron chi connectivity index (χ3n) is 2.91. The topological polar surface area (TPSA) is 29.3 Å². The molecule has 0 heterocycles. The molecular formula is C12H17FN2. The standard InChI is InChI=1S/C12H17FN2/c1-2-15(10-6-7-10)12-9(8-14)4-3-5-11(12)13/h3-5,10H,2,6-8,14H2,1H3. The minimum atomic E-state index is -0.147. The Labute approximate surface area is 89.9 Å². The van der Waals surface area contributed by atoms with Crippen molar-refractivity contribution in [2.24, 2.45) is 5.73 Å². The van der Waals surface area contributed by atoms with Crippen molar-refractivity contribution in [2.75, 3.05) is 11.4 Å². The Morgan fingerprint density at radius 2 is 2.20 bits per heavy atom. The molecule has 82 valence electrons. The summed E-state index contributed by atoms with van der Waals surface area (Å²) in [5.74, 6) is -0.147. The highest BCUT2D eigenvalue weighted by molar-refractivity contribution is 5.56. The molecule has 1 aromatic rings. The summed E-state index contributed by atoms with van der Waals surface area (Å²) in [5, 5.41) is 0. The fourth-order valence-electron chi connectivity index (χ4n) is 2.03. The van der Waals surface area contributed by atoms with E-state index >= 15 is 0 Å². The van der Waals surface area contributed by atoms with Crippen molar-refractivity contribution < 1.29 is 4.39 Å². The maximum Gasteiger partial charge on any atom is 0.146 e. The number of halogens is 1. The Morgan fingerprint density at radius 1 is 1.47 bits per heavy atom. The van der Waals surface area contributed by atoms with Gasteiger partial charge in [-0.15, -0.1) is 0 Å². The minimum Gasteiger partial charge on any atom is -0.366 e. The van der Waals surface area contributed by atoms with E-state index in [1.807, 2.05) is 6.07 Å². The normalized spacial score (nSPS) is 15.4. The summed E-state index contributed by atoms with van der Waals surface area (Å²) >= 11 is 0. The van der Waals surface area contributed by atoms with E-state index in [9.17, 15) is 4.39 Å². The van der Waals surface area contributed by atoms with Crippen molar-refractivity contribution in [3.8, 4) is 0 Å². The number of para-hydroxylation sites is 1. The van der Waals surface area contributed by atoms with Crippen LogP contribution in [0.15, 0.2) is 18.2 Å². The van der Waals surface area contributed by atoms with E-state index in [0.717, 1.165) is 12.1 Å². The molecule has 0 aromatic heterocycles. The van der Waals surface area contributed by atoms with Gasteiger partial charge in [-0.2, -0.15) is 0 Å². The zero-order valence-corrected chi connectivity index (χ0v) is 9.04. The van der Waals surface area contributed by atoms with Crippen LogP contribution < -0.4 is 10.6 Å². The summed E-state index contributed by atoms with van der Waals surface area (Å²) in [5.41, 5.74) is 7.26. The molecule has 2 N–H and O–H groups in total. The first-order valence-corrected chi connectivity index (χ1v) is 5.52. The Balaban J connectivity index is 2.38. The van der Waals surface area contributed by atoms with Crippen LogP contribution in [0.25, 0.3) is 0 Å². The van der Waals surface area contributed by atoms with Gasteiger partial charge in [-0.1, -0.05) is 12.1 Å². The van der Waals surface area contributed by atoms with Crippen LogP contribution in [-0.4, -0.2) is 12.6 Å². The second-order valence-corrected chi connectivity index (χ2v) is 3.97. The number of nitrogens with two attached hydrogens (primary N) is 1. The van der Waals surface area contributed by atoms with Gasteiger partial charge in [0.2, 0.25) is 0 Å². The fraction of sp³-hybridized carbons (Fsp3) is 0.500. The second kappa shape index (κ2) is 4.19. The summed E-state index contributed by atoms with van der Waals surface area (Å²) < 4.78 is 13.8. The highest BCUT2D eigenvalue weighted by Crippen LogP contribution is 2.34. The van der Waals surface area contributed by atoms with Crippen LogP contribution in [0, 0.1) is 5.82 Å². The van der Waals surface area contributed by atoms with Crippen LogP contribution in [0.5, 0.6) is 0 Å². The molecule has 2 nitrogen and oxygen atoms in total. The van der Waals surface area contributed by atoms with Crippen molar-refractivity contribution in [3.05, 3.63) is 29.6 Å². The van der Waals surface area contributed by atoms with Gasteiger partial charge in [0.15, 0.2) is 0 Å². The number of hydrogen-bond acceptors (Lipinski definition) is 2. The average molecular weight is 208 g/mol. The summed E-state index contributed by atoms with van der Waals surface area (Å²) in [6, 6.07) is 5.67. The van der Waals surface area contributed by atoms with Gasteiger partial charge in [0, 0.05) is 19.1 Å². The quantitative estimate of drug-likeness (QED) is 0.822. The third kappa shape index (κ3) is 1.97. The van der Waals surface area contributed by atoms with Crippen molar-refractivity contribution in [2.45, 2.75) is 32.4 Å². The van der Waals surface area contributed by atoms with Gasteiger partial charge in [0.25, 0.3) is 0 Å². The van der Waals surface area contributed by atoms with E-state index in [0.29, 0.717) is 18.3 Å². The van der Waals surface area contributed by atoms with E-state index in [2.05, 4.69) is 11.8 Å². The highest BCUT2D eigenvalue weighted by Gasteiger charge is 2.30. The molecule has 0 aliphatic heterocycles. The molecule has 1 aliphatic rings. The lowest BCUT2D eigenvalue weighted by molar-refractivity contribution is 0.614. The van der Waals surface area contributed by atoms with Gasteiger partial charge in [-0.05, 0) is 31.4 Å². The Kier molecular flexibility index (Phi) is 2.91. The van der Waals surface area contributed by atoms with Crippen LogP contribution >= 0.6 is 0 Å². The van der Waals surface area contributed by atoms with Crippen molar-refractivity contribution in [3.63, 3.8) is 0 Å². The Bertz CT molecular complexity index is 347. The summed E-state index contributed by atoms with van der Waals surface area (Å²) in [6.45, 7) is 3.31. The maximum atomic E-state index is 13.8. The molecule has 0 atom stereocenters. The van der Waals surface area contributed by atoms with Gasteiger partial charge >= 0.3 is 0 Å². The molecule has 0 bridgehead atoms. The lowest BCUT2D eigenvalue weighted by Crippen LogP contribution is -2.27. The Morgan fingerprint density at radius 3 is 2.73 bits per heavy atom. The molecular weight excluding hydrogens is 191 g/mol. The number of rotatable bonds is 4. The number of hydrogen-bond donors (Lipinski definition) is 1. The number of anilines is 1. The van der Waals surface area contributed by atoms with E-state index in [-0.39, 0.29) is 5.82 Å². The molecule has 0 amide bonds. The monoisotopic (exact) mass is 208 g/mol. The molecule has 1 aliphatic carbocycles. The van der Waals surface area contributed by atoms with Crippen molar-refractivity contribution >= 4 is 5.69 Å². The molecule has 1 saturated carbocycles. The Hall–Kier alpha value is -1.09. The smallest absolute Gasteiger partial charge is 0.146 e. The van der Waals surface area contributed by atoms with Crippen molar-refractivity contribution in [1.29, 1.82) is 0 Å². The van der Waals surface area contributed by atoms with Crippen LogP contribution in [0.2, 0.25) is 0 Å². The highest BCUT2D eigenvalue weighted by atomic mass is 19.1. The predicted molar refractivity (Wildman–Crippen MR) is 60.3 cm³/mol. The first-order chi connectivity index (χ1) is 7.27. The fourth-order valence-corrected chi connectivity index (χ4v) is 2.03. The molecule has 0 unspecified atom stereocenters. The second-order valence-electron chi connectivity index (χ2n) is 3.97. The predicted octanol–water partition coefficient (Wildman–Crippen LogP) is 2.27. The molecule has 0 saturated heterocycles. The zero-order valence-electron chi connectivity index (χ0n) is 9.04. The summed E-state index contributed by atoms with van der Waals surface area (Å²) in [4.78, 5) is 2.14. The van der Waals surface area contributed by atoms with Gasteiger partial charge in [0.05, 0.1) is 5.69 Å². The molecule has 1 fully saturated rings. The lowest BCUT2D eigenvalue weighted by atomic mass is 10.1. The van der Waals surface area contributed by atoms with Crippen molar-refractivity contribution in [1.82, 2.24) is 0 Å². The minimum absolute atomic E-state index is 0.147.